The molecule has 0 radical (unpaired) electrons. The Bertz CT molecular complexity index is 593. The number of amides is 1. The van der Waals surface area contributed by atoms with Gasteiger partial charge < -0.3 is 4.74 Å². The number of nitrogens with zero attached hydrogens (tertiary/aromatic N) is 1. The van der Waals surface area contributed by atoms with E-state index in [0.717, 1.165) is 23.4 Å². The molecular weight excluding hydrogens is 260 g/mol. The maximum atomic E-state index is 12.1. The van der Waals surface area contributed by atoms with Crippen molar-refractivity contribution in [2.75, 3.05) is 12.4 Å². The predicted molar refractivity (Wildman–Crippen MR) is 77.2 cm³/mol. The van der Waals surface area contributed by atoms with Gasteiger partial charge in [-0.15, -0.1) is 11.3 Å². The maximum absolute atomic E-state index is 12.1. The second kappa shape index (κ2) is 5.84. The lowest BCUT2D eigenvalue weighted by Crippen LogP contribution is -2.12. The van der Waals surface area contributed by atoms with Gasteiger partial charge in [-0.25, -0.2) is 4.98 Å². The fraction of sp³-hybridized carbons (Fsp3) is 0.286. The molecule has 100 valence electrons. The summed E-state index contributed by atoms with van der Waals surface area (Å²) in [5, 5.41) is 5.32. The number of ether oxygens (including phenoxy) is 1. The Balaban J connectivity index is 2.19. The second-order valence-corrected chi connectivity index (χ2v) is 4.99. The third kappa shape index (κ3) is 3.12. The lowest BCUT2D eigenvalue weighted by molar-refractivity contribution is 0.102. The lowest BCUT2D eigenvalue weighted by atomic mass is 10.1. The van der Waals surface area contributed by atoms with Gasteiger partial charge in [0.15, 0.2) is 5.13 Å². The number of hydrogen-bond donors (Lipinski definition) is 1. The first kappa shape index (κ1) is 13.5. The highest BCUT2D eigenvalue weighted by molar-refractivity contribution is 7.13. The number of thiazole rings is 1. The Morgan fingerprint density at radius 1 is 1.47 bits per heavy atom. The largest absolute Gasteiger partial charge is 0.496 e. The van der Waals surface area contributed by atoms with Gasteiger partial charge in [0.05, 0.1) is 12.8 Å². The number of benzene rings is 1. The molecule has 0 aliphatic carbocycles. The van der Waals surface area contributed by atoms with E-state index >= 15 is 0 Å². The molecule has 2 aromatic rings. The zero-order valence-corrected chi connectivity index (χ0v) is 12.0. The number of aromatic nitrogens is 1. The lowest BCUT2D eigenvalue weighted by Gasteiger charge is -2.08. The van der Waals surface area contributed by atoms with E-state index in [0.29, 0.717) is 10.7 Å². The minimum absolute atomic E-state index is 0.147. The normalized spacial score (nSPS) is 10.3. The first-order valence-corrected chi connectivity index (χ1v) is 6.92. The van der Waals surface area contributed by atoms with Crippen LogP contribution in [0.1, 0.15) is 28.5 Å². The van der Waals surface area contributed by atoms with Gasteiger partial charge in [-0.3, -0.25) is 10.1 Å². The molecule has 1 aromatic carbocycles. The summed E-state index contributed by atoms with van der Waals surface area (Å²) in [5.41, 5.74) is 2.54. The summed E-state index contributed by atoms with van der Waals surface area (Å²) in [6.45, 7) is 3.93. The topological polar surface area (TPSA) is 51.2 Å². The van der Waals surface area contributed by atoms with Crippen LogP contribution in [0.4, 0.5) is 5.13 Å². The Hall–Kier alpha value is -1.88. The fourth-order valence-electron chi connectivity index (χ4n) is 1.78. The van der Waals surface area contributed by atoms with Crippen LogP contribution >= 0.6 is 11.3 Å². The molecule has 5 heteroatoms. The first-order valence-electron chi connectivity index (χ1n) is 6.04. The quantitative estimate of drug-likeness (QED) is 0.932. The molecule has 0 fully saturated rings. The van der Waals surface area contributed by atoms with Gasteiger partial charge in [0.25, 0.3) is 5.91 Å². The van der Waals surface area contributed by atoms with Crippen LogP contribution in [0.5, 0.6) is 5.75 Å². The molecule has 1 heterocycles. The molecule has 0 bridgehead atoms. The van der Waals surface area contributed by atoms with Crippen LogP contribution in [-0.2, 0) is 6.42 Å². The predicted octanol–water partition coefficient (Wildman–Crippen LogP) is 3.27. The summed E-state index contributed by atoms with van der Waals surface area (Å²) in [5.74, 6) is 0.663. The summed E-state index contributed by atoms with van der Waals surface area (Å²) in [4.78, 5) is 16.3. The Labute approximate surface area is 116 Å². The van der Waals surface area contributed by atoms with Crippen molar-refractivity contribution in [3.63, 3.8) is 0 Å². The number of methoxy groups -OCH3 is 1. The molecule has 1 N–H and O–H groups in total. The van der Waals surface area contributed by atoms with Crippen molar-refractivity contribution in [2.24, 2.45) is 0 Å². The van der Waals surface area contributed by atoms with E-state index in [2.05, 4.69) is 10.3 Å². The summed E-state index contributed by atoms with van der Waals surface area (Å²) < 4.78 is 5.25. The highest BCUT2D eigenvalue weighted by atomic mass is 32.1. The molecule has 0 atom stereocenters. The van der Waals surface area contributed by atoms with E-state index in [-0.39, 0.29) is 5.91 Å². The van der Waals surface area contributed by atoms with E-state index in [4.69, 9.17) is 4.74 Å². The van der Waals surface area contributed by atoms with Crippen LogP contribution in [-0.4, -0.2) is 18.0 Å². The number of carbonyl (C=O) groups is 1. The van der Waals surface area contributed by atoms with Gasteiger partial charge in [0.1, 0.15) is 5.75 Å². The van der Waals surface area contributed by atoms with Crippen molar-refractivity contribution in [1.29, 1.82) is 0 Å². The number of rotatable bonds is 4. The van der Waals surface area contributed by atoms with Crippen LogP contribution in [0.3, 0.4) is 0 Å². The average molecular weight is 276 g/mol. The van der Waals surface area contributed by atoms with E-state index in [1.54, 1.807) is 13.2 Å². The number of anilines is 1. The number of nitrogens with one attached hydrogen (secondary N) is 1. The minimum Gasteiger partial charge on any atom is -0.496 e. The van der Waals surface area contributed by atoms with Crippen molar-refractivity contribution in [3.05, 3.63) is 40.4 Å². The van der Waals surface area contributed by atoms with E-state index in [9.17, 15) is 4.79 Å². The fourth-order valence-corrected chi connectivity index (χ4v) is 2.46. The van der Waals surface area contributed by atoms with Crippen LogP contribution in [0.2, 0.25) is 0 Å². The molecule has 0 saturated heterocycles. The van der Waals surface area contributed by atoms with Crippen molar-refractivity contribution < 1.29 is 9.53 Å². The third-order valence-corrected chi connectivity index (χ3v) is 3.64. The van der Waals surface area contributed by atoms with E-state index in [1.165, 1.54) is 11.3 Å². The smallest absolute Gasteiger partial charge is 0.257 e. The summed E-state index contributed by atoms with van der Waals surface area (Å²) >= 11 is 1.42. The first-order chi connectivity index (χ1) is 9.13. The molecule has 0 spiro atoms. The van der Waals surface area contributed by atoms with Crippen molar-refractivity contribution in [1.82, 2.24) is 4.98 Å². The van der Waals surface area contributed by atoms with Gasteiger partial charge in [0.2, 0.25) is 0 Å². The molecule has 0 aliphatic rings. The minimum atomic E-state index is -0.147. The van der Waals surface area contributed by atoms with Crippen molar-refractivity contribution >= 4 is 22.4 Å². The van der Waals surface area contributed by atoms with E-state index < -0.39 is 0 Å². The summed E-state index contributed by atoms with van der Waals surface area (Å²) in [6, 6.07) is 5.43. The Morgan fingerprint density at radius 3 is 2.84 bits per heavy atom. The van der Waals surface area contributed by atoms with Gasteiger partial charge >= 0.3 is 0 Å². The maximum Gasteiger partial charge on any atom is 0.257 e. The van der Waals surface area contributed by atoms with Crippen molar-refractivity contribution in [2.45, 2.75) is 20.3 Å². The zero-order valence-electron chi connectivity index (χ0n) is 11.2. The van der Waals surface area contributed by atoms with Crippen LogP contribution in [0.25, 0.3) is 0 Å². The van der Waals surface area contributed by atoms with Gasteiger partial charge in [0, 0.05) is 10.9 Å². The number of hydrogen-bond acceptors (Lipinski definition) is 4. The summed E-state index contributed by atoms with van der Waals surface area (Å²) in [7, 11) is 1.63. The van der Waals surface area contributed by atoms with Crippen LogP contribution in [0, 0.1) is 6.92 Å². The molecule has 0 unspecified atom stereocenters. The van der Waals surface area contributed by atoms with Gasteiger partial charge in [-0.2, -0.15) is 0 Å². The Morgan fingerprint density at radius 2 is 2.26 bits per heavy atom. The number of aryl methyl sites for hydroxylation is 2. The molecular formula is C14H16N2O2S. The Kier molecular flexibility index (Phi) is 4.16. The molecule has 4 nitrogen and oxygen atoms in total. The molecule has 1 aromatic heterocycles. The average Bonchev–Trinajstić information content (AvgIpc) is 2.83. The zero-order chi connectivity index (χ0) is 13.8. The number of carbonyl (C=O) groups excluding carboxylic acids is 1. The molecule has 19 heavy (non-hydrogen) atoms. The highest BCUT2D eigenvalue weighted by Gasteiger charge is 2.11. The summed E-state index contributed by atoms with van der Waals surface area (Å²) in [6.07, 6.45) is 0.820. The second-order valence-electron chi connectivity index (χ2n) is 4.13. The highest BCUT2D eigenvalue weighted by Crippen LogP contribution is 2.21. The van der Waals surface area contributed by atoms with E-state index in [1.807, 2.05) is 31.4 Å². The van der Waals surface area contributed by atoms with Gasteiger partial charge in [-0.1, -0.05) is 6.92 Å². The van der Waals surface area contributed by atoms with Crippen LogP contribution < -0.4 is 10.1 Å². The molecule has 1 amide bonds. The van der Waals surface area contributed by atoms with Gasteiger partial charge in [-0.05, 0) is 37.1 Å². The molecule has 2 rings (SSSR count). The third-order valence-electron chi connectivity index (χ3n) is 2.76. The SMILES string of the molecule is CCc1cc(C(=O)Nc2nc(C)cs2)ccc1OC. The molecule has 0 saturated carbocycles. The molecule has 0 aliphatic heterocycles. The standard InChI is InChI=1S/C14H16N2O2S/c1-4-10-7-11(5-6-12(10)18-3)13(17)16-14-15-9(2)8-19-14/h5-8H,4H2,1-3H3,(H,15,16,17). The van der Waals surface area contributed by atoms with Crippen LogP contribution in [0.15, 0.2) is 23.6 Å². The monoisotopic (exact) mass is 276 g/mol. The van der Waals surface area contributed by atoms with Crippen molar-refractivity contribution in [3.8, 4) is 5.75 Å².